The zero-order chi connectivity index (χ0) is 31.1. The molecular formula is C34H37BrClFN2O4S. The molecule has 0 radical (unpaired) electrons. The van der Waals surface area contributed by atoms with Gasteiger partial charge in [-0.05, 0) is 99.3 Å². The molecule has 3 aromatic carbocycles. The van der Waals surface area contributed by atoms with Crippen molar-refractivity contribution in [3.8, 4) is 5.88 Å². The monoisotopic (exact) mass is 702 g/mol. The van der Waals surface area contributed by atoms with E-state index in [0.717, 1.165) is 26.5 Å². The summed E-state index contributed by atoms with van der Waals surface area (Å²) < 4.78 is 26.7. The smallest absolute Gasteiger partial charge is 0.410 e. The average Bonchev–Trinajstić information content (AvgIpc) is 2.92. The summed E-state index contributed by atoms with van der Waals surface area (Å²) in [5.41, 5.74) is 1.63. The number of amides is 1. The van der Waals surface area contributed by atoms with Gasteiger partial charge in [0.25, 0.3) is 0 Å². The third-order valence-corrected chi connectivity index (χ3v) is 8.69. The number of carbonyl (C=O) groups is 1. The summed E-state index contributed by atoms with van der Waals surface area (Å²) >= 11 is 9.84. The van der Waals surface area contributed by atoms with E-state index in [9.17, 15) is 14.3 Å². The maximum atomic E-state index is 14.2. The van der Waals surface area contributed by atoms with E-state index in [0.29, 0.717) is 22.0 Å². The lowest BCUT2D eigenvalue weighted by Gasteiger charge is -2.48. The van der Waals surface area contributed by atoms with Crippen molar-refractivity contribution in [3.05, 3.63) is 104 Å². The van der Waals surface area contributed by atoms with E-state index < -0.39 is 29.3 Å². The molecule has 1 fully saturated rings. The van der Waals surface area contributed by atoms with Gasteiger partial charge in [-0.3, -0.25) is 0 Å². The molecule has 10 heteroatoms. The van der Waals surface area contributed by atoms with E-state index in [1.54, 1.807) is 30.2 Å². The Kier molecular flexibility index (Phi) is 10.2. The number of likely N-dealkylation sites (tertiary alicyclic amines) is 1. The first-order chi connectivity index (χ1) is 20.3. The van der Waals surface area contributed by atoms with Gasteiger partial charge in [-0.15, -0.1) is 0 Å². The summed E-state index contributed by atoms with van der Waals surface area (Å²) in [5, 5.41) is 14.2. The number of piperidine rings is 1. The van der Waals surface area contributed by atoms with E-state index in [1.807, 2.05) is 64.1 Å². The van der Waals surface area contributed by atoms with Crippen LogP contribution in [0.5, 0.6) is 5.88 Å². The summed E-state index contributed by atoms with van der Waals surface area (Å²) in [5.74, 6) is -0.569. The second kappa shape index (κ2) is 13.3. The number of ether oxygens (including phenoxy) is 2. The highest BCUT2D eigenvalue weighted by Gasteiger charge is 2.49. The number of aromatic nitrogens is 1. The number of fused-ring (bicyclic) bond motifs is 1. The minimum Gasteiger partial charge on any atom is -0.481 e. The number of aryl methyl sites for hydroxylation is 1. The molecular weight excluding hydrogens is 667 g/mol. The molecule has 0 saturated carbocycles. The molecule has 0 bridgehead atoms. The lowest BCUT2D eigenvalue weighted by Crippen LogP contribution is -2.52. The van der Waals surface area contributed by atoms with Gasteiger partial charge < -0.3 is 19.5 Å². The third kappa shape index (κ3) is 7.17. The van der Waals surface area contributed by atoms with E-state index in [4.69, 9.17) is 26.1 Å². The quantitative estimate of drug-likeness (QED) is 0.225. The first kappa shape index (κ1) is 34.0. The molecule has 0 aliphatic carbocycles. The lowest BCUT2D eigenvalue weighted by atomic mass is 9.69. The van der Waals surface area contributed by atoms with Crippen LogP contribution >= 0.6 is 41.0 Å². The third-order valence-electron chi connectivity index (χ3n) is 7.94. The van der Waals surface area contributed by atoms with Crippen molar-refractivity contribution in [2.24, 2.45) is 0 Å². The molecule has 4 aromatic rings. The highest BCUT2D eigenvalue weighted by Crippen LogP contribution is 2.50. The Balaban J connectivity index is 0.00000442. The summed E-state index contributed by atoms with van der Waals surface area (Å²) in [6, 6.07) is 19.1. The molecule has 0 spiro atoms. The van der Waals surface area contributed by atoms with Gasteiger partial charge in [-0.1, -0.05) is 45.7 Å². The number of aliphatic hydroxyl groups is 1. The molecule has 2 heterocycles. The van der Waals surface area contributed by atoms with Crippen LogP contribution in [0.3, 0.4) is 0 Å². The fourth-order valence-corrected chi connectivity index (χ4v) is 6.56. The zero-order valence-corrected chi connectivity index (χ0v) is 28.7. The van der Waals surface area contributed by atoms with Crippen LogP contribution in [0.1, 0.15) is 67.8 Å². The van der Waals surface area contributed by atoms with Crippen LogP contribution in [0.25, 0.3) is 10.9 Å². The predicted molar refractivity (Wildman–Crippen MR) is 181 cm³/mol. The summed E-state index contributed by atoms with van der Waals surface area (Å²) in [4.78, 5) is 20.0. The van der Waals surface area contributed by atoms with Crippen molar-refractivity contribution in [2.75, 3.05) is 13.7 Å². The van der Waals surface area contributed by atoms with Crippen LogP contribution in [-0.4, -0.2) is 45.9 Å². The molecule has 2 unspecified atom stereocenters. The van der Waals surface area contributed by atoms with Crippen LogP contribution in [0, 0.1) is 12.7 Å². The van der Waals surface area contributed by atoms with Crippen LogP contribution in [0.15, 0.2) is 71.2 Å². The maximum Gasteiger partial charge on any atom is 0.410 e. The van der Waals surface area contributed by atoms with Crippen LogP contribution in [-0.2, 0) is 4.74 Å². The summed E-state index contributed by atoms with van der Waals surface area (Å²) in [7, 11) is 1.56. The number of rotatable bonds is 5. The number of benzene rings is 3. The Morgan fingerprint density at radius 2 is 1.84 bits per heavy atom. The zero-order valence-electron chi connectivity index (χ0n) is 25.3. The first-order valence-electron chi connectivity index (χ1n) is 14.2. The maximum absolute atomic E-state index is 14.2. The molecule has 1 aromatic heterocycles. The van der Waals surface area contributed by atoms with Crippen molar-refractivity contribution >= 4 is 58.0 Å². The second-order valence-electron chi connectivity index (χ2n) is 12.2. The van der Waals surface area contributed by atoms with Crippen molar-refractivity contribution in [2.45, 2.75) is 63.7 Å². The van der Waals surface area contributed by atoms with Crippen LogP contribution in [0.4, 0.5) is 9.18 Å². The largest absolute Gasteiger partial charge is 0.481 e. The Bertz CT molecular complexity index is 1670. The normalized spacial score (nSPS) is 19.3. The first-order valence-corrected chi connectivity index (χ1v) is 15.3. The van der Waals surface area contributed by atoms with Gasteiger partial charge in [-0.2, -0.15) is 13.5 Å². The number of hydrogen-bond donors (Lipinski definition) is 1. The molecule has 234 valence electrons. The van der Waals surface area contributed by atoms with Gasteiger partial charge in [0.2, 0.25) is 5.88 Å². The minimum atomic E-state index is -1.37. The number of pyridine rings is 1. The summed E-state index contributed by atoms with van der Waals surface area (Å²) in [6.45, 7) is 7.47. The van der Waals surface area contributed by atoms with Crippen molar-refractivity contribution in [1.82, 2.24) is 9.88 Å². The molecule has 3 atom stereocenters. The van der Waals surface area contributed by atoms with E-state index in [1.165, 1.54) is 12.1 Å². The molecule has 44 heavy (non-hydrogen) atoms. The Morgan fingerprint density at radius 3 is 2.48 bits per heavy atom. The van der Waals surface area contributed by atoms with Gasteiger partial charge in [0.05, 0.1) is 24.3 Å². The molecule has 1 N–H and O–H groups in total. The van der Waals surface area contributed by atoms with E-state index in [2.05, 4.69) is 15.9 Å². The Labute approximate surface area is 278 Å². The van der Waals surface area contributed by atoms with E-state index in [-0.39, 0.29) is 38.7 Å². The standard InChI is InChI=1S/C34H35BrClFN2O4.H2S/c1-20-16-25(37)11-12-26(20)29-19-34(41,14-15-39(29)32(40)43-33(2,3)4)30(21-6-9-24(36)10-7-21)27-18-22-17-23(35)8-13-28(22)38-31(27)42-5;/h6-13,16-18,29-30,41H,14-15,19H2,1-5H3;1H2/t29-,30?,34?;/m0./s1. The number of nitrogens with zero attached hydrogens (tertiary/aromatic N) is 2. The number of carbonyl (C=O) groups excluding carboxylic acids is 1. The van der Waals surface area contributed by atoms with Gasteiger partial charge in [0.15, 0.2) is 0 Å². The fraction of sp³-hybridized carbons (Fsp3) is 0.353. The number of hydrogen-bond acceptors (Lipinski definition) is 5. The van der Waals surface area contributed by atoms with Crippen LogP contribution < -0.4 is 4.74 Å². The molecule has 1 aliphatic rings. The summed E-state index contributed by atoms with van der Waals surface area (Å²) in [6.07, 6.45) is -0.0807. The van der Waals surface area contributed by atoms with Gasteiger partial charge in [0.1, 0.15) is 11.4 Å². The molecule has 1 aliphatic heterocycles. The highest BCUT2D eigenvalue weighted by molar-refractivity contribution is 9.10. The van der Waals surface area contributed by atoms with Crippen LogP contribution in [0.2, 0.25) is 5.02 Å². The highest BCUT2D eigenvalue weighted by atomic mass is 79.9. The SMILES string of the molecule is COc1nc2ccc(Br)cc2cc1C(c1ccc(Cl)cc1)C1(O)CCN(C(=O)OC(C)(C)C)[C@H](c2ccc(F)cc2C)C1.S. The lowest BCUT2D eigenvalue weighted by molar-refractivity contribution is -0.0643. The van der Waals surface area contributed by atoms with Crippen molar-refractivity contribution in [3.63, 3.8) is 0 Å². The molecule has 1 amide bonds. The van der Waals surface area contributed by atoms with Crippen molar-refractivity contribution < 1.29 is 23.8 Å². The second-order valence-corrected chi connectivity index (χ2v) is 13.5. The number of methoxy groups -OCH3 is 1. The minimum absolute atomic E-state index is 0. The molecule has 6 nitrogen and oxygen atoms in total. The van der Waals surface area contributed by atoms with Crippen molar-refractivity contribution in [1.29, 1.82) is 0 Å². The van der Waals surface area contributed by atoms with E-state index >= 15 is 0 Å². The predicted octanol–water partition coefficient (Wildman–Crippen LogP) is 8.85. The molecule has 5 rings (SSSR count). The Hall–Kier alpha value is -2.85. The average molecular weight is 704 g/mol. The topological polar surface area (TPSA) is 71.9 Å². The van der Waals surface area contributed by atoms with Gasteiger partial charge >= 0.3 is 6.09 Å². The van der Waals surface area contributed by atoms with Gasteiger partial charge in [-0.25, -0.2) is 14.2 Å². The number of halogens is 3. The van der Waals surface area contributed by atoms with Gasteiger partial charge in [0, 0.05) is 39.3 Å². The Morgan fingerprint density at radius 1 is 1.14 bits per heavy atom. The fourth-order valence-electron chi connectivity index (χ4n) is 6.06. The molecule has 1 saturated heterocycles.